The van der Waals surface area contributed by atoms with Gasteiger partial charge in [-0.25, -0.2) is 0 Å². The molecule has 0 spiro atoms. The van der Waals surface area contributed by atoms with Crippen molar-refractivity contribution in [2.24, 2.45) is 0 Å². The molecule has 0 amide bonds. The summed E-state index contributed by atoms with van der Waals surface area (Å²) in [6, 6.07) is 0. The number of rotatable bonds is 61. The molecule has 0 aliphatic rings. The average Bonchev–Trinajstić information content (AvgIpc) is 3.41. The summed E-state index contributed by atoms with van der Waals surface area (Å²) in [6.07, 6.45) is 79.8. The lowest BCUT2D eigenvalue weighted by atomic mass is 10.0. The van der Waals surface area contributed by atoms with Gasteiger partial charge in [0.2, 0.25) is 0 Å². The van der Waals surface area contributed by atoms with E-state index in [9.17, 15) is 14.4 Å². The number of ether oxygens (including phenoxy) is 3. The molecule has 0 bridgehead atoms. The molecule has 0 rings (SSSR count). The van der Waals surface area contributed by atoms with Crippen LogP contribution < -0.4 is 0 Å². The van der Waals surface area contributed by atoms with Crippen LogP contribution in [0.15, 0.2) is 48.6 Å². The monoisotopic (exact) mass is 1050 g/mol. The predicted molar refractivity (Wildman–Crippen MR) is 325 cm³/mol. The van der Waals surface area contributed by atoms with E-state index in [4.69, 9.17) is 14.2 Å². The van der Waals surface area contributed by atoms with Gasteiger partial charge in [0, 0.05) is 19.3 Å². The summed E-state index contributed by atoms with van der Waals surface area (Å²) < 4.78 is 16.9. The molecule has 0 N–H and O–H groups in total. The lowest BCUT2D eigenvalue weighted by Crippen LogP contribution is -2.30. The van der Waals surface area contributed by atoms with Crippen LogP contribution in [0.1, 0.15) is 355 Å². The molecular formula is C69H126O6. The Kier molecular flexibility index (Phi) is 61.7. The van der Waals surface area contributed by atoms with Crippen LogP contribution in [-0.2, 0) is 28.6 Å². The maximum Gasteiger partial charge on any atom is 0.306 e. The topological polar surface area (TPSA) is 78.9 Å². The van der Waals surface area contributed by atoms with Crippen molar-refractivity contribution in [2.45, 2.75) is 361 Å². The zero-order chi connectivity index (χ0) is 54.3. The van der Waals surface area contributed by atoms with Gasteiger partial charge < -0.3 is 14.2 Å². The molecule has 75 heavy (non-hydrogen) atoms. The van der Waals surface area contributed by atoms with Crippen LogP contribution in [0.3, 0.4) is 0 Å². The minimum absolute atomic E-state index is 0.0726. The zero-order valence-corrected chi connectivity index (χ0v) is 50.3. The third kappa shape index (κ3) is 62.1. The summed E-state index contributed by atoms with van der Waals surface area (Å²) in [5.41, 5.74) is 0. The summed E-state index contributed by atoms with van der Waals surface area (Å²) >= 11 is 0. The maximum atomic E-state index is 12.9. The van der Waals surface area contributed by atoms with Crippen LogP contribution >= 0.6 is 0 Å². The Morgan fingerprint density at radius 1 is 0.267 bits per heavy atom. The second-order valence-corrected chi connectivity index (χ2v) is 22.4. The first-order chi connectivity index (χ1) is 37.0. The van der Waals surface area contributed by atoms with Gasteiger partial charge in [-0.3, -0.25) is 14.4 Å². The molecule has 0 radical (unpaired) electrons. The van der Waals surface area contributed by atoms with Crippen LogP contribution in [0.4, 0.5) is 0 Å². The number of hydrogen-bond acceptors (Lipinski definition) is 6. The van der Waals surface area contributed by atoms with Crippen molar-refractivity contribution in [1.29, 1.82) is 0 Å². The number of esters is 3. The van der Waals surface area contributed by atoms with Crippen LogP contribution in [0.25, 0.3) is 0 Å². The van der Waals surface area contributed by atoms with Gasteiger partial charge in [0.05, 0.1) is 0 Å². The fourth-order valence-corrected chi connectivity index (χ4v) is 9.80. The van der Waals surface area contributed by atoms with E-state index >= 15 is 0 Å². The zero-order valence-electron chi connectivity index (χ0n) is 50.3. The molecule has 0 aliphatic heterocycles. The van der Waals surface area contributed by atoms with Gasteiger partial charge in [-0.15, -0.1) is 0 Å². The second-order valence-electron chi connectivity index (χ2n) is 22.4. The van der Waals surface area contributed by atoms with Crippen molar-refractivity contribution in [3.63, 3.8) is 0 Å². The van der Waals surface area contributed by atoms with Crippen molar-refractivity contribution < 1.29 is 28.6 Å². The number of carbonyl (C=O) groups excluding carboxylic acids is 3. The van der Waals surface area contributed by atoms with E-state index in [2.05, 4.69) is 69.4 Å². The minimum atomic E-state index is -0.776. The van der Waals surface area contributed by atoms with Gasteiger partial charge in [-0.05, 0) is 83.5 Å². The molecule has 0 saturated carbocycles. The van der Waals surface area contributed by atoms with Gasteiger partial charge in [-0.1, -0.05) is 301 Å². The van der Waals surface area contributed by atoms with Crippen molar-refractivity contribution in [2.75, 3.05) is 13.2 Å². The number of hydrogen-bond donors (Lipinski definition) is 0. The van der Waals surface area contributed by atoms with Crippen LogP contribution in [0.2, 0.25) is 0 Å². The summed E-state index contributed by atoms with van der Waals surface area (Å²) in [7, 11) is 0. The Labute approximate surface area is 467 Å². The van der Waals surface area contributed by atoms with E-state index in [1.165, 1.54) is 238 Å². The first-order valence-corrected chi connectivity index (χ1v) is 33.1. The fourth-order valence-electron chi connectivity index (χ4n) is 9.80. The average molecular weight is 1050 g/mol. The Morgan fingerprint density at radius 3 is 0.760 bits per heavy atom. The van der Waals surface area contributed by atoms with Crippen molar-refractivity contribution in [3.05, 3.63) is 48.6 Å². The minimum Gasteiger partial charge on any atom is -0.462 e. The highest BCUT2D eigenvalue weighted by molar-refractivity contribution is 5.71. The molecule has 1 atom stereocenters. The largest absolute Gasteiger partial charge is 0.462 e. The maximum absolute atomic E-state index is 12.9. The molecule has 1 unspecified atom stereocenters. The molecule has 6 nitrogen and oxygen atoms in total. The quantitative estimate of drug-likeness (QED) is 0.0261. The van der Waals surface area contributed by atoms with E-state index in [0.717, 1.165) is 77.0 Å². The first-order valence-electron chi connectivity index (χ1n) is 33.1. The summed E-state index contributed by atoms with van der Waals surface area (Å²) in [5, 5.41) is 0. The van der Waals surface area contributed by atoms with Crippen molar-refractivity contribution in [1.82, 2.24) is 0 Å². The summed E-state index contributed by atoms with van der Waals surface area (Å²) in [4.78, 5) is 38.3. The molecule has 0 aromatic rings. The molecule has 6 heteroatoms. The number of allylic oxidation sites excluding steroid dienone is 8. The molecule has 0 saturated heterocycles. The third-order valence-corrected chi connectivity index (χ3v) is 14.8. The second kappa shape index (κ2) is 63.9. The SMILES string of the molecule is CCCCCCC/C=C\C/C=C\C/C=C\CCCCCCCCCCCCCCC(=O)OCC(COC(=O)CCCCCCCCCCCCCCCC)OC(=O)CCCCCCC/C=C\CCCCCCCCC. The van der Waals surface area contributed by atoms with Crippen LogP contribution in [0, 0.1) is 0 Å². The van der Waals surface area contributed by atoms with E-state index in [0.29, 0.717) is 19.3 Å². The molecule has 0 aliphatic carbocycles. The smallest absolute Gasteiger partial charge is 0.306 e. The highest BCUT2D eigenvalue weighted by atomic mass is 16.6. The molecule has 0 aromatic carbocycles. The standard InChI is InChI=1S/C69H126O6/c1-4-7-10-13-16-19-22-25-28-30-31-32-33-34-35-36-37-38-39-40-42-44-47-50-53-56-59-62-68(71)74-65-66(64-73-67(70)61-58-55-52-49-46-43-27-24-21-18-15-12-9-6-3)75-69(72)63-60-57-54-51-48-45-41-29-26-23-20-17-14-11-8-5-2/h22,25,29-31,33-34,41,66H,4-21,23-24,26-28,32,35-40,42-65H2,1-3H3/b25-22-,31-30-,34-33-,41-29-. The number of unbranched alkanes of at least 4 members (excludes halogenated alkanes) is 42. The normalized spacial score (nSPS) is 12.3. The third-order valence-electron chi connectivity index (χ3n) is 14.8. The highest BCUT2D eigenvalue weighted by Gasteiger charge is 2.19. The van der Waals surface area contributed by atoms with E-state index in [1.54, 1.807) is 0 Å². The summed E-state index contributed by atoms with van der Waals surface area (Å²) in [5.74, 6) is -0.861. The first kappa shape index (κ1) is 72.4. The lowest BCUT2D eigenvalue weighted by Gasteiger charge is -2.18. The number of carbonyl (C=O) groups is 3. The van der Waals surface area contributed by atoms with Gasteiger partial charge >= 0.3 is 17.9 Å². The van der Waals surface area contributed by atoms with Crippen molar-refractivity contribution in [3.8, 4) is 0 Å². The molecule has 0 fully saturated rings. The predicted octanol–water partition coefficient (Wildman–Crippen LogP) is 22.6. The molecule has 0 heterocycles. The summed E-state index contributed by atoms with van der Waals surface area (Å²) in [6.45, 7) is 6.67. The molecular weight excluding hydrogens is 925 g/mol. The Hall–Kier alpha value is -2.63. The Balaban J connectivity index is 4.25. The van der Waals surface area contributed by atoms with E-state index < -0.39 is 6.10 Å². The van der Waals surface area contributed by atoms with Gasteiger partial charge in [-0.2, -0.15) is 0 Å². The van der Waals surface area contributed by atoms with E-state index in [1.807, 2.05) is 0 Å². The van der Waals surface area contributed by atoms with Crippen LogP contribution in [-0.4, -0.2) is 37.2 Å². The van der Waals surface area contributed by atoms with Crippen molar-refractivity contribution >= 4 is 17.9 Å². The molecule has 438 valence electrons. The van der Waals surface area contributed by atoms with Crippen LogP contribution in [0.5, 0.6) is 0 Å². The van der Waals surface area contributed by atoms with Gasteiger partial charge in [0.1, 0.15) is 13.2 Å². The highest BCUT2D eigenvalue weighted by Crippen LogP contribution is 2.17. The van der Waals surface area contributed by atoms with E-state index in [-0.39, 0.29) is 31.1 Å². The van der Waals surface area contributed by atoms with Gasteiger partial charge in [0.15, 0.2) is 6.10 Å². The Bertz CT molecular complexity index is 1300. The fraction of sp³-hybridized carbons (Fsp3) is 0.841. The lowest BCUT2D eigenvalue weighted by molar-refractivity contribution is -0.167. The molecule has 0 aromatic heterocycles. The van der Waals surface area contributed by atoms with Gasteiger partial charge in [0.25, 0.3) is 0 Å². The Morgan fingerprint density at radius 2 is 0.480 bits per heavy atom.